The molecule has 0 bridgehead atoms. The molecule has 0 spiro atoms. The molecular weight excluding hydrogens is 278 g/mol. The lowest BCUT2D eigenvalue weighted by Gasteiger charge is -2.08. The number of unbranched alkanes of at least 4 members (excludes halogenated alkanes) is 1. The molecule has 0 aromatic carbocycles. The van der Waals surface area contributed by atoms with Gasteiger partial charge in [-0.15, -0.1) is 0 Å². The molecule has 0 fully saturated rings. The van der Waals surface area contributed by atoms with Crippen LogP contribution in [0.5, 0.6) is 0 Å². The molecule has 0 saturated heterocycles. The smallest absolute Gasteiger partial charge is 0.240 e. The van der Waals surface area contributed by atoms with Crippen molar-refractivity contribution < 1.29 is 13.2 Å². The van der Waals surface area contributed by atoms with Crippen molar-refractivity contribution in [1.29, 1.82) is 0 Å². The monoisotopic (exact) mass is 301 g/mol. The quantitative estimate of drug-likeness (QED) is 0.642. The van der Waals surface area contributed by atoms with E-state index in [1.807, 2.05) is 6.92 Å². The number of rotatable bonds is 10. The molecule has 0 unspecified atom stereocenters. The van der Waals surface area contributed by atoms with Crippen LogP contribution in [0.1, 0.15) is 26.2 Å². The molecule has 0 saturated carbocycles. The summed E-state index contributed by atoms with van der Waals surface area (Å²) in [7, 11) is -1.83. The molecule has 1 rings (SSSR count). The number of ether oxygens (including phenoxy) is 1. The van der Waals surface area contributed by atoms with Crippen LogP contribution in [0, 0.1) is 0 Å². The van der Waals surface area contributed by atoms with Crippen LogP contribution in [0.25, 0.3) is 0 Å². The van der Waals surface area contributed by atoms with Crippen molar-refractivity contribution >= 4 is 15.8 Å². The second-order valence-electron chi connectivity index (χ2n) is 4.40. The molecule has 2 N–H and O–H groups in total. The third-order valence-electron chi connectivity index (χ3n) is 2.67. The molecule has 1 aromatic heterocycles. The fraction of sp³-hybridized carbons (Fsp3) is 0.615. The lowest BCUT2D eigenvalue weighted by molar-refractivity contribution is 0.193. The summed E-state index contributed by atoms with van der Waals surface area (Å²) < 4.78 is 31.7. The summed E-state index contributed by atoms with van der Waals surface area (Å²) in [5.74, 6) is 0.578. The van der Waals surface area contributed by atoms with E-state index in [-0.39, 0.29) is 4.90 Å². The Labute approximate surface area is 121 Å². The molecule has 0 amide bonds. The summed E-state index contributed by atoms with van der Waals surface area (Å²) in [4.78, 5) is 4.33. The lowest BCUT2D eigenvalue weighted by atomic mass is 10.3. The fourth-order valence-electron chi connectivity index (χ4n) is 1.59. The number of nitrogens with zero attached hydrogens (tertiary/aromatic N) is 1. The molecule has 20 heavy (non-hydrogen) atoms. The van der Waals surface area contributed by atoms with Gasteiger partial charge in [-0.05, 0) is 25.3 Å². The predicted octanol–water partition coefficient (Wildman–Crippen LogP) is 1.61. The van der Waals surface area contributed by atoms with Gasteiger partial charge in [0.05, 0.1) is 4.90 Å². The summed E-state index contributed by atoms with van der Waals surface area (Å²) in [6, 6.07) is 3.04. The van der Waals surface area contributed by atoms with E-state index >= 15 is 0 Å². The number of hydrogen-bond acceptors (Lipinski definition) is 5. The number of anilines is 1. The number of pyridine rings is 1. The summed E-state index contributed by atoms with van der Waals surface area (Å²) in [6.07, 6.45) is 4.03. The first-order valence-electron chi connectivity index (χ1n) is 6.78. The topological polar surface area (TPSA) is 80.3 Å². The van der Waals surface area contributed by atoms with Gasteiger partial charge in [-0.25, -0.2) is 18.1 Å². The third-order valence-corrected chi connectivity index (χ3v) is 4.12. The maximum atomic E-state index is 12.1. The Balaban J connectivity index is 2.57. The molecule has 114 valence electrons. The van der Waals surface area contributed by atoms with Crippen LogP contribution in [0.15, 0.2) is 23.2 Å². The van der Waals surface area contributed by atoms with Crippen molar-refractivity contribution in [2.24, 2.45) is 0 Å². The molecule has 0 aliphatic rings. The van der Waals surface area contributed by atoms with Crippen LogP contribution < -0.4 is 10.0 Å². The summed E-state index contributed by atoms with van der Waals surface area (Å²) in [5, 5.41) is 3.07. The second-order valence-corrected chi connectivity index (χ2v) is 6.17. The van der Waals surface area contributed by atoms with Crippen LogP contribution in [0.3, 0.4) is 0 Å². The standard InChI is InChI=1S/C13H23N3O3S/c1-3-7-14-13-11-12(6-9-15-13)20(17,18)16-8-4-5-10-19-2/h6,9,11,16H,3-5,7-8,10H2,1-2H3,(H,14,15). The summed E-state index contributed by atoms with van der Waals surface area (Å²) in [5.41, 5.74) is 0. The highest BCUT2D eigenvalue weighted by atomic mass is 32.2. The van der Waals surface area contributed by atoms with E-state index in [2.05, 4.69) is 15.0 Å². The van der Waals surface area contributed by atoms with E-state index in [0.29, 0.717) is 19.0 Å². The van der Waals surface area contributed by atoms with Gasteiger partial charge in [0.15, 0.2) is 0 Å². The molecule has 6 nitrogen and oxygen atoms in total. The molecule has 7 heteroatoms. The van der Waals surface area contributed by atoms with Crippen LogP contribution in [-0.4, -0.2) is 40.2 Å². The normalized spacial score (nSPS) is 11.5. The second kappa shape index (κ2) is 8.89. The van der Waals surface area contributed by atoms with Crippen molar-refractivity contribution in [3.63, 3.8) is 0 Å². The Morgan fingerprint density at radius 2 is 2.10 bits per heavy atom. The van der Waals surface area contributed by atoms with Gasteiger partial charge in [-0.2, -0.15) is 0 Å². The first kappa shape index (κ1) is 16.9. The largest absolute Gasteiger partial charge is 0.385 e. The molecule has 0 aliphatic heterocycles. The number of sulfonamides is 1. The molecule has 1 aromatic rings. The highest BCUT2D eigenvalue weighted by Crippen LogP contribution is 2.12. The van der Waals surface area contributed by atoms with Crippen molar-refractivity contribution in [2.75, 3.05) is 32.1 Å². The van der Waals surface area contributed by atoms with E-state index in [4.69, 9.17) is 4.74 Å². The van der Waals surface area contributed by atoms with Crippen LogP contribution in [0.4, 0.5) is 5.82 Å². The van der Waals surface area contributed by atoms with Crippen molar-refractivity contribution in [3.05, 3.63) is 18.3 Å². The third kappa shape index (κ3) is 5.85. The average Bonchev–Trinajstić information content (AvgIpc) is 2.45. The van der Waals surface area contributed by atoms with E-state index < -0.39 is 10.0 Å². The minimum absolute atomic E-state index is 0.234. The van der Waals surface area contributed by atoms with E-state index in [1.165, 1.54) is 12.3 Å². The van der Waals surface area contributed by atoms with E-state index in [0.717, 1.165) is 25.8 Å². The number of methoxy groups -OCH3 is 1. The molecular formula is C13H23N3O3S. The SMILES string of the molecule is CCCNc1cc(S(=O)(=O)NCCCCOC)ccn1. The van der Waals surface area contributed by atoms with Crippen LogP contribution in [0.2, 0.25) is 0 Å². The Bertz CT molecular complexity index is 491. The van der Waals surface area contributed by atoms with Gasteiger partial charge in [0.25, 0.3) is 0 Å². The summed E-state index contributed by atoms with van der Waals surface area (Å²) in [6.45, 7) is 3.85. The minimum atomic E-state index is -3.47. The predicted molar refractivity (Wildman–Crippen MR) is 79.3 cm³/mol. The zero-order valence-electron chi connectivity index (χ0n) is 12.1. The summed E-state index contributed by atoms with van der Waals surface area (Å²) >= 11 is 0. The Kier molecular flexibility index (Phi) is 7.50. The Morgan fingerprint density at radius 3 is 2.80 bits per heavy atom. The molecule has 0 aliphatic carbocycles. The van der Waals surface area contributed by atoms with Gasteiger partial charge < -0.3 is 10.1 Å². The minimum Gasteiger partial charge on any atom is -0.385 e. The molecule has 0 radical (unpaired) electrons. The van der Waals surface area contributed by atoms with Crippen LogP contribution in [-0.2, 0) is 14.8 Å². The van der Waals surface area contributed by atoms with Gasteiger partial charge in [0.2, 0.25) is 10.0 Å². The van der Waals surface area contributed by atoms with Gasteiger partial charge in [-0.1, -0.05) is 6.92 Å². The van der Waals surface area contributed by atoms with Gasteiger partial charge >= 0.3 is 0 Å². The molecule has 1 heterocycles. The fourth-order valence-corrected chi connectivity index (χ4v) is 2.68. The zero-order valence-corrected chi connectivity index (χ0v) is 12.9. The van der Waals surface area contributed by atoms with E-state index in [9.17, 15) is 8.42 Å². The number of hydrogen-bond donors (Lipinski definition) is 2. The van der Waals surface area contributed by atoms with Crippen molar-refractivity contribution in [3.8, 4) is 0 Å². The Morgan fingerprint density at radius 1 is 1.30 bits per heavy atom. The first-order chi connectivity index (χ1) is 9.60. The Hall–Kier alpha value is -1.18. The van der Waals surface area contributed by atoms with Gasteiger partial charge in [0.1, 0.15) is 5.82 Å². The first-order valence-corrected chi connectivity index (χ1v) is 8.27. The maximum absolute atomic E-state index is 12.1. The average molecular weight is 301 g/mol. The van der Waals surface area contributed by atoms with Crippen molar-refractivity contribution in [2.45, 2.75) is 31.1 Å². The van der Waals surface area contributed by atoms with Gasteiger partial charge in [-0.3, -0.25) is 0 Å². The number of nitrogens with one attached hydrogen (secondary N) is 2. The number of aromatic nitrogens is 1. The van der Waals surface area contributed by atoms with Crippen LogP contribution >= 0.6 is 0 Å². The van der Waals surface area contributed by atoms with Crippen molar-refractivity contribution in [1.82, 2.24) is 9.71 Å². The highest BCUT2D eigenvalue weighted by molar-refractivity contribution is 7.89. The van der Waals surface area contributed by atoms with E-state index in [1.54, 1.807) is 13.2 Å². The lowest BCUT2D eigenvalue weighted by Crippen LogP contribution is -2.25. The van der Waals surface area contributed by atoms with Gasteiger partial charge in [0, 0.05) is 39.1 Å². The molecule has 0 atom stereocenters. The maximum Gasteiger partial charge on any atom is 0.240 e. The zero-order chi connectivity index (χ0) is 14.8. The highest BCUT2D eigenvalue weighted by Gasteiger charge is 2.13.